The summed E-state index contributed by atoms with van der Waals surface area (Å²) >= 11 is 12.7. The van der Waals surface area contributed by atoms with Crippen molar-refractivity contribution in [1.29, 1.82) is 0 Å². The first-order valence-corrected chi connectivity index (χ1v) is 14.1. The van der Waals surface area contributed by atoms with Crippen molar-refractivity contribution in [2.45, 2.75) is 11.3 Å². The summed E-state index contributed by atoms with van der Waals surface area (Å²) < 4.78 is 5.24. The molecule has 0 saturated carbocycles. The molecule has 3 amide bonds. The van der Waals surface area contributed by atoms with Crippen molar-refractivity contribution < 1.29 is 19.1 Å². The van der Waals surface area contributed by atoms with Crippen LogP contribution in [0.3, 0.4) is 0 Å². The highest BCUT2D eigenvalue weighted by molar-refractivity contribution is 6.38. The Labute approximate surface area is 251 Å². The maximum Gasteiger partial charge on any atom is 0.271 e. The number of hydrogen-bond donors (Lipinski definition) is 1. The van der Waals surface area contributed by atoms with E-state index in [-0.39, 0.29) is 28.4 Å². The molecule has 1 aliphatic heterocycles. The van der Waals surface area contributed by atoms with Gasteiger partial charge >= 0.3 is 0 Å². The molecule has 1 saturated heterocycles. The Morgan fingerprint density at radius 3 is 2.26 bits per heavy atom. The van der Waals surface area contributed by atoms with Crippen LogP contribution in [0.25, 0.3) is 0 Å². The zero-order valence-electron chi connectivity index (χ0n) is 22.3. The fourth-order valence-corrected chi connectivity index (χ4v) is 7.46. The first-order valence-electron chi connectivity index (χ1n) is 13.4. The molecule has 1 heterocycles. The SMILES string of the molecule is COc1cccc(C(=O)N/N=C\C23c4ccccc4C(c4ccccc42)[C@H]2C(=O)N(c4ccc(Cl)cc4Cl)C(=O)[C@@H]23)c1. The summed E-state index contributed by atoms with van der Waals surface area (Å²) in [5.41, 5.74) is 5.81. The monoisotopic (exact) mass is 595 g/mol. The van der Waals surface area contributed by atoms with Crippen LogP contribution in [0.15, 0.2) is 96.1 Å². The van der Waals surface area contributed by atoms with E-state index in [1.165, 1.54) is 18.1 Å². The third-order valence-corrected chi connectivity index (χ3v) is 9.14. The van der Waals surface area contributed by atoms with E-state index >= 15 is 0 Å². The summed E-state index contributed by atoms with van der Waals surface area (Å²) in [6.45, 7) is 0. The van der Waals surface area contributed by atoms with Crippen molar-refractivity contribution in [2.75, 3.05) is 12.0 Å². The number of rotatable bonds is 5. The van der Waals surface area contributed by atoms with Crippen LogP contribution in [0, 0.1) is 11.8 Å². The molecule has 7 nitrogen and oxygen atoms in total. The summed E-state index contributed by atoms with van der Waals surface area (Å²) in [5.74, 6) is -2.46. The number of benzene rings is 4. The van der Waals surface area contributed by atoms with Crippen molar-refractivity contribution in [3.63, 3.8) is 0 Å². The Kier molecular flexibility index (Phi) is 6.18. The lowest BCUT2D eigenvalue weighted by atomic mass is 9.47. The van der Waals surface area contributed by atoms with Gasteiger partial charge in [-0.1, -0.05) is 77.8 Å². The molecule has 208 valence electrons. The molecule has 1 fully saturated rings. The number of hydrogen-bond acceptors (Lipinski definition) is 5. The van der Waals surface area contributed by atoms with Gasteiger partial charge < -0.3 is 4.74 Å². The standard InChI is InChI=1S/C33H23Cl2N3O4/c1-42-20-8-6-7-18(15-20)30(39)37-36-17-33-23-11-4-2-9-21(23)27(22-10-3-5-12-24(22)33)28-29(33)32(41)38(31(28)40)26-14-13-19(34)16-25(26)35/h2-17,27-29H,1H3,(H,37,39)/b36-17-/t27?,28-,29-,33?/m1/s1. The maximum atomic E-state index is 14.4. The Bertz CT molecular complexity index is 1790. The second-order valence-electron chi connectivity index (χ2n) is 10.6. The molecule has 42 heavy (non-hydrogen) atoms. The molecule has 1 N–H and O–H groups in total. The van der Waals surface area contributed by atoms with Gasteiger partial charge in [-0.3, -0.25) is 14.4 Å². The maximum absolute atomic E-state index is 14.4. The molecule has 2 bridgehead atoms. The second-order valence-corrected chi connectivity index (χ2v) is 11.4. The first-order chi connectivity index (χ1) is 20.4. The van der Waals surface area contributed by atoms with Gasteiger partial charge in [0.05, 0.1) is 35.1 Å². The van der Waals surface area contributed by atoms with Gasteiger partial charge in [-0.05, 0) is 58.7 Å². The molecule has 2 atom stereocenters. The van der Waals surface area contributed by atoms with E-state index in [1.54, 1.807) is 42.6 Å². The van der Waals surface area contributed by atoms with E-state index in [2.05, 4.69) is 10.5 Å². The Morgan fingerprint density at radius 2 is 1.60 bits per heavy atom. The number of methoxy groups -OCH3 is 1. The van der Waals surface area contributed by atoms with Gasteiger partial charge in [0.25, 0.3) is 5.91 Å². The molecule has 0 radical (unpaired) electrons. The van der Waals surface area contributed by atoms with Crippen molar-refractivity contribution in [2.24, 2.45) is 16.9 Å². The van der Waals surface area contributed by atoms with Crippen LogP contribution in [-0.4, -0.2) is 31.0 Å². The van der Waals surface area contributed by atoms with Crippen LogP contribution in [0.4, 0.5) is 5.69 Å². The molecule has 4 aromatic rings. The lowest BCUT2D eigenvalue weighted by Gasteiger charge is -2.52. The number of carbonyl (C=O) groups is 3. The Hall–Kier alpha value is -4.46. The molecule has 9 heteroatoms. The number of amides is 3. The number of ether oxygens (including phenoxy) is 1. The third kappa shape index (κ3) is 3.67. The summed E-state index contributed by atoms with van der Waals surface area (Å²) in [4.78, 5) is 42.9. The summed E-state index contributed by atoms with van der Waals surface area (Å²) in [7, 11) is 1.53. The fourth-order valence-electron chi connectivity index (χ4n) is 6.97. The van der Waals surface area contributed by atoms with Crippen LogP contribution in [0.1, 0.15) is 38.5 Å². The summed E-state index contributed by atoms with van der Waals surface area (Å²) in [5, 5.41) is 5.05. The van der Waals surface area contributed by atoms with Gasteiger partial charge in [0.1, 0.15) is 5.75 Å². The highest BCUT2D eigenvalue weighted by Crippen LogP contribution is 2.63. The smallest absolute Gasteiger partial charge is 0.271 e. The van der Waals surface area contributed by atoms with Crippen molar-refractivity contribution in [3.05, 3.63) is 129 Å². The summed E-state index contributed by atoms with van der Waals surface area (Å²) in [6, 6.07) is 27.1. The average molecular weight is 596 g/mol. The molecule has 0 unspecified atom stereocenters. The minimum Gasteiger partial charge on any atom is -0.497 e. The predicted octanol–water partition coefficient (Wildman–Crippen LogP) is 5.97. The topological polar surface area (TPSA) is 88.1 Å². The van der Waals surface area contributed by atoms with Gasteiger partial charge in [-0.25, -0.2) is 10.3 Å². The van der Waals surface area contributed by atoms with Gasteiger partial charge in [-0.15, -0.1) is 0 Å². The van der Waals surface area contributed by atoms with E-state index < -0.39 is 23.2 Å². The van der Waals surface area contributed by atoms with E-state index in [4.69, 9.17) is 27.9 Å². The fraction of sp³-hybridized carbons (Fsp3) is 0.152. The number of anilines is 1. The Balaban J connectivity index is 1.39. The van der Waals surface area contributed by atoms with Crippen molar-refractivity contribution in [3.8, 4) is 5.75 Å². The molecule has 4 aromatic carbocycles. The van der Waals surface area contributed by atoms with Crippen molar-refractivity contribution >= 4 is 52.8 Å². The number of imide groups is 1. The van der Waals surface area contributed by atoms with Gasteiger partial charge in [0.15, 0.2) is 0 Å². The molecule has 0 aromatic heterocycles. The molecular weight excluding hydrogens is 573 g/mol. The number of carbonyl (C=O) groups excluding carboxylic acids is 3. The van der Waals surface area contributed by atoms with Gasteiger partial charge in [-0.2, -0.15) is 5.10 Å². The number of halogens is 2. The predicted molar refractivity (Wildman–Crippen MR) is 160 cm³/mol. The van der Waals surface area contributed by atoms with Crippen LogP contribution in [0.5, 0.6) is 5.75 Å². The molecule has 3 aliphatic carbocycles. The minimum atomic E-state index is -1.13. The number of nitrogens with zero attached hydrogens (tertiary/aromatic N) is 2. The Morgan fingerprint density at radius 1 is 0.905 bits per heavy atom. The largest absolute Gasteiger partial charge is 0.497 e. The number of hydrazone groups is 1. The normalized spacial score (nSPS) is 23.5. The molecular formula is C33H23Cl2N3O4. The van der Waals surface area contributed by atoms with Crippen LogP contribution < -0.4 is 15.1 Å². The lowest BCUT2D eigenvalue weighted by Crippen LogP contribution is -2.54. The van der Waals surface area contributed by atoms with E-state index in [0.29, 0.717) is 16.3 Å². The van der Waals surface area contributed by atoms with Gasteiger partial charge in [0, 0.05) is 22.7 Å². The zero-order valence-corrected chi connectivity index (χ0v) is 23.8. The summed E-state index contributed by atoms with van der Waals surface area (Å²) in [6.07, 6.45) is 1.62. The molecule has 4 aliphatic rings. The highest BCUT2D eigenvalue weighted by atomic mass is 35.5. The second kappa shape index (κ2) is 9.82. The van der Waals surface area contributed by atoms with Crippen molar-refractivity contribution in [1.82, 2.24) is 5.43 Å². The highest BCUT2D eigenvalue weighted by Gasteiger charge is 2.68. The van der Waals surface area contributed by atoms with E-state index in [9.17, 15) is 14.4 Å². The van der Waals surface area contributed by atoms with Crippen LogP contribution >= 0.6 is 23.2 Å². The van der Waals surface area contributed by atoms with E-state index in [0.717, 1.165) is 22.3 Å². The minimum absolute atomic E-state index is 0.207. The molecule has 8 rings (SSSR count). The lowest BCUT2D eigenvalue weighted by molar-refractivity contribution is -0.122. The van der Waals surface area contributed by atoms with Crippen LogP contribution in [0.2, 0.25) is 10.0 Å². The third-order valence-electron chi connectivity index (χ3n) is 8.60. The first kappa shape index (κ1) is 26.4. The number of nitrogens with one attached hydrogen (secondary N) is 1. The van der Waals surface area contributed by atoms with Crippen LogP contribution in [-0.2, 0) is 15.0 Å². The average Bonchev–Trinajstić information content (AvgIpc) is 3.27. The van der Waals surface area contributed by atoms with E-state index in [1.807, 2.05) is 48.5 Å². The molecule has 0 spiro atoms. The quantitative estimate of drug-likeness (QED) is 0.175. The van der Waals surface area contributed by atoms with Gasteiger partial charge in [0.2, 0.25) is 11.8 Å². The zero-order chi connectivity index (χ0) is 29.2.